The van der Waals surface area contributed by atoms with Crippen molar-refractivity contribution in [3.8, 4) is 0 Å². The molecule has 0 aliphatic rings. The first-order valence-electron chi connectivity index (χ1n) is 11.1. The molecule has 0 bridgehead atoms. The Balaban J connectivity index is 1.75. The van der Waals surface area contributed by atoms with Gasteiger partial charge in [-0.15, -0.1) is 17.9 Å². The van der Waals surface area contributed by atoms with Crippen molar-refractivity contribution in [3.05, 3.63) is 63.3 Å². The zero-order chi connectivity index (χ0) is 25.0. The molecule has 34 heavy (non-hydrogen) atoms. The molecule has 0 radical (unpaired) electrons. The van der Waals surface area contributed by atoms with Crippen molar-refractivity contribution in [2.45, 2.75) is 51.1 Å². The van der Waals surface area contributed by atoms with E-state index < -0.39 is 5.25 Å². The second-order valence-electron chi connectivity index (χ2n) is 8.08. The molecule has 7 nitrogen and oxygen atoms in total. The van der Waals surface area contributed by atoms with Crippen LogP contribution in [0.3, 0.4) is 0 Å². The number of hydrogen-bond acceptors (Lipinski definition) is 6. The number of amides is 2. The van der Waals surface area contributed by atoms with Gasteiger partial charge < -0.3 is 10.2 Å². The topological polar surface area (TPSA) is 84.3 Å². The fourth-order valence-corrected chi connectivity index (χ4v) is 5.74. The molecule has 3 rings (SSSR count). The number of para-hydroxylation sites is 1. The highest BCUT2D eigenvalue weighted by Crippen LogP contribution is 2.30. The van der Waals surface area contributed by atoms with Gasteiger partial charge in [0.2, 0.25) is 11.8 Å². The van der Waals surface area contributed by atoms with Crippen molar-refractivity contribution >= 4 is 50.8 Å². The molecule has 2 amide bonds. The summed E-state index contributed by atoms with van der Waals surface area (Å²) in [6, 6.07) is 7.61. The summed E-state index contributed by atoms with van der Waals surface area (Å²) in [5, 5.41) is 3.44. The average Bonchev–Trinajstić information content (AvgIpc) is 3.09. The van der Waals surface area contributed by atoms with Gasteiger partial charge in [-0.3, -0.25) is 19.0 Å². The molecule has 2 heterocycles. The molecule has 3 aromatic rings. The summed E-state index contributed by atoms with van der Waals surface area (Å²) in [5.41, 5.74) is 2.60. The van der Waals surface area contributed by atoms with Gasteiger partial charge in [-0.25, -0.2) is 4.98 Å². The van der Waals surface area contributed by atoms with Gasteiger partial charge in [-0.1, -0.05) is 43.0 Å². The minimum absolute atomic E-state index is 0.0724. The Hall–Kier alpha value is -2.91. The Morgan fingerprint density at radius 2 is 2.03 bits per heavy atom. The summed E-state index contributed by atoms with van der Waals surface area (Å²) < 4.78 is 1.55. The fourth-order valence-electron chi connectivity index (χ4n) is 3.64. The van der Waals surface area contributed by atoms with Crippen molar-refractivity contribution in [2.75, 3.05) is 18.9 Å². The number of hydrogen-bond donors (Lipinski definition) is 1. The molecular weight excluding hydrogens is 468 g/mol. The lowest BCUT2D eigenvalue weighted by molar-refractivity contribution is -0.132. The predicted octanol–water partition coefficient (Wildman–Crippen LogP) is 4.40. The Morgan fingerprint density at radius 1 is 1.32 bits per heavy atom. The normalized spacial score (nSPS) is 11.9. The number of carbonyl (C=O) groups excluding carboxylic acids is 2. The summed E-state index contributed by atoms with van der Waals surface area (Å²) in [7, 11) is 1.60. The van der Waals surface area contributed by atoms with Gasteiger partial charge in [0.25, 0.3) is 5.56 Å². The Kier molecular flexibility index (Phi) is 8.33. The molecule has 2 aromatic heterocycles. The summed E-state index contributed by atoms with van der Waals surface area (Å²) in [6.07, 6.45) is 2.44. The van der Waals surface area contributed by atoms with Gasteiger partial charge in [0.1, 0.15) is 4.83 Å². The molecule has 1 N–H and O–H groups in total. The van der Waals surface area contributed by atoms with E-state index in [0.29, 0.717) is 21.9 Å². The molecule has 0 spiro atoms. The van der Waals surface area contributed by atoms with Gasteiger partial charge in [0.15, 0.2) is 5.16 Å². The van der Waals surface area contributed by atoms with Crippen LogP contribution in [0.2, 0.25) is 0 Å². The van der Waals surface area contributed by atoms with E-state index in [0.717, 1.165) is 28.1 Å². The van der Waals surface area contributed by atoms with Gasteiger partial charge in [0, 0.05) is 24.2 Å². The number of aryl methyl sites for hydroxylation is 3. The second-order valence-corrected chi connectivity index (χ2v) is 10.6. The monoisotopic (exact) mass is 498 g/mol. The maximum absolute atomic E-state index is 13.2. The molecule has 180 valence electrons. The molecular formula is C25H30N4O3S2. The van der Waals surface area contributed by atoms with E-state index in [2.05, 4.69) is 11.9 Å². The van der Waals surface area contributed by atoms with E-state index in [1.165, 1.54) is 28.0 Å². The van der Waals surface area contributed by atoms with E-state index in [-0.39, 0.29) is 23.9 Å². The SMILES string of the molecule is C=CCn1c(S[C@H](C)C(=O)N(C)CC(=O)Nc2ccccc2CC)nc2sc(C)c(C)c2c1=O. The molecule has 0 aliphatic heterocycles. The zero-order valence-electron chi connectivity index (χ0n) is 20.2. The molecule has 0 aliphatic carbocycles. The van der Waals surface area contributed by atoms with Crippen LogP contribution in [0.25, 0.3) is 10.2 Å². The minimum atomic E-state index is -0.539. The van der Waals surface area contributed by atoms with Crippen molar-refractivity contribution < 1.29 is 9.59 Å². The lowest BCUT2D eigenvalue weighted by Gasteiger charge is -2.21. The standard InChI is InChI=1S/C25H30N4O3S2/c1-7-13-29-24(32)21-15(3)16(4)33-22(21)27-25(29)34-17(5)23(31)28(6)14-20(30)26-19-12-10-9-11-18(19)8-2/h7,9-12,17H,1,8,13-14H2,2-6H3,(H,26,30)/t17-/m1/s1. The van der Waals surface area contributed by atoms with Crippen LogP contribution in [0.15, 0.2) is 46.9 Å². The highest BCUT2D eigenvalue weighted by Gasteiger charge is 2.24. The van der Waals surface area contributed by atoms with Crippen molar-refractivity contribution in [1.82, 2.24) is 14.5 Å². The van der Waals surface area contributed by atoms with Crippen LogP contribution in [0.4, 0.5) is 5.69 Å². The maximum atomic E-state index is 13.2. The number of benzene rings is 1. The first-order valence-corrected chi connectivity index (χ1v) is 12.8. The molecule has 0 fully saturated rings. The van der Waals surface area contributed by atoms with Crippen LogP contribution >= 0.6 is 23.1 Å². The summed E-state index contributed by atoms with van der Waals surface area (Å²) in [5.74, 6) is -0.483. The largest absolute Gasteiger partial charge is 0.335 e. The molecule has 1 aromatic carbocycles. The number of rotatable bonds is 9. The molecule has 0 saturated carbocycles. The summed E-state index contributed by atoms with van der Waals surface area (Å²) in [4.78, 5) is 46.6. The summed E-state index contributed by atoms with van der Waals surface area (Å²) in [6.45, 7) is 11.7. The van der Waals surface area contributed by atoms with E-state index in [1.54, 1.807) is 24.6 Å². The number of allylic oxidation sites excluding steroid dienone is 1. The third-order valence-corrected chi connectivity index (χ3v) is 7.80. The van der Waals surface area contributed by atoms with Crippen LogP contribution < -0.4 is 10.9 Å². The number of nitrogens with zero attached hydrogens (tertiary/aromatic N) is 3. The Bertz CT molecular complexity index is 1300. The fraction of sp³-hybridized carbons (Fsp3) is 0.360. The second kappa shape index (κ2) is 11.0. The Morgan fingerprint density at radius 3 is 2.71 bits per heavy atom. The first-order chi connectivity index (χ1) is 16.2. The third kappa shape index (κ3) is 5.42. The number of thioether (sulfide) groups is 1. The minimum Gasteiger partial charge on any atom is -0.335 e. The molecule has 0 saturated heterocycles. The van der Waals surface area contributed by atoms with Crippen molar-refractivity contribution in [3.63, 3.8) is 0 Å². The smallest absolute Gasteiger partial charge is 0.263 e. The van der Waals surface area contributed by atoms with Gasteiger partial charge >= 0.3 is 0 Å². The predicted molar refractivity (Wildman–Crippen MR) is 141 cm³/mol. The molecule has 9 heteroatoms. The van der Waals surface area contributed by atoms with Gasteiger partial charge in [0.05, 0.1) is 17.2 Å². The van der Waals surface area contributed by atoms with Crippen molar-refractivity contribution in [2.24, 2.45) is 0 Å². The first kappa shape index (κ1) is 25.7. The Labute approximate surface area is 207 Å². The number of thiophene rings is 1. The van der Waals surface area contributed by atoms with E-state index in [4.69, 9.17) is 4.98 Å². The quantitative estimate of drug-likeness (QED) is 0.269. The molecule has 1 atom stereocenters. The van der Waals surface area contributed by atoms with Crippen LogP contribution in [-0.2, 0) is 22.6 Å². The average molecular weight is 499 g/mol. The van der Waals surface area contributed by atoms with Gasteiger partial charge in [-0.2, -0.15) is 0 Å². The van der Waals surface area contributed by atoms with Crippen LogP contribution in [-0.4, -0.2) is 45.1 Å². The van der Waals surface area contributed by atoms with E-state index in [1.807, 2.05) is 45.0 Å². The number of aromatic nitrogens is 2. The number of anilines is 1. The van der Waals surface area contributed by atoms with Crippen LogP contribution in [0.5, 0.6) is 0 Å². The van der Waals surface area contributed by atoms with Gasteiger partial charge in [-0.05, 0) is 44.4 Å². The maximum Gasteiger partial charge on any atom is 0.263 e. The number of fused-ring (bicyclic) bond motifs is 1. The summed E-state index contributed by atoms with van der Waals surface area (Å²) >= 11 is 2.69. The van der Waals surface area contributed by atoms with Crippen molar-refractivity contribution in [1.29, 1.82) is 0 Å². The highest BCUT2D eigenvalue weighted by molar-refractivity contribution is 8.00. The number of carbonyl (C=O) groups is 2. The third-order valence-electron chi connectivity index (χ3n) is 5.62. The van der Waals surface area contributed by atoms with E-state index >= 15 is 0 Å². The lowest BCUT2D eigenvalue weighted by Crippen LogP contribution is -2.39. The van der Waals surface area contributed by atoms with E-state index in [9.17, 15) is 14.4 Å². The lowest BCUT2D eigenvalue weighted by atomic mass is 10.1. The van der Waals surface area contributed by atoms with Crippen LogP contribution in [0.1, 0.15) is 29.9 Å². The zero-order valence-corrected chi connectivity index (χ0v) is 21.8. The number of nitrogens with one attached hydrogen (secondary N) is 1. The molecule has 0 unspecified atom stereocenters. The van der Waals surface area contributed by atoms with Crippen LogP contribution in [0, 0.1) is 13.8 Å². The number of likely N-dealkylation sites (N-methyl/N-ethyl adjacent to an activating group) is 1. The highest BCUT2D eigenvalue weighted by atomic mass is 32.2.